The Labute approximate surface area is 109 Å². The van der Waals surface area contributed by atoms with Crippen LogP contribution in [-0.4, -0.2) is 11.7 Å². The Bertz CT molecular complexity index is 407. The number of carbonyl (C=O) groups excluding carboxylic acids is 1. The van der Waals surface area contributed by atoms with Crippen LogP contribution < -0.4 is 11.2 Å². The van der Waals surface area contributed by atoms with Crippen LogP contribution in [0.25, 0.3) is 0 Å². The van der Waals surface area contributed by atoms with Gasteiger partial charge in [-0.25, -0.2) is 10.2 Å². The molecule has 1 aliphatic rings. The van der Waals surface area contributed by atoms with Crippen LogP contribution in [0.5, 0.6) is 0 Å². The van der Waals surface area contributed by atoms with Crippen molar-refractivity contribution < 1.29 is 4.79 Å². The summed E-state index contributed by atoms with van der Waals surface area (Å²) in [5.74, 6) is 0.530. The molecule has 1 unspecified atom stereocenters. The van der Waals surface area contributed by atoms with E-state index in [1.54, 1.807) is 0 Å². The van der Waals surface area contributed by atoms with E-state index in [1.165, 1.54) is 29.6 Å². The molecule has 0 bridgehead atoms. The van der Waals surface area contributed by atoms with Gasteiger partial charge in [-0.05, 0) is 46.5 Å². The van der Waals surface area contributed by atoms with Crippen LogP contribution >= 0.6 is 0 Å². The highest BCUT2D eigenvalue weighted by atomic mass is 16.2. The van der Waals surface area contributed by atoms with Gasteiger partial charge in [-0.15, -0.1) is 0 Å². The van der Waals surface area contributed by atoms with Gasteiger partial charge in [-0.2, -0.15) is 5.10 Å². The summed E-state index contributed by atoms with van der Waals surface area (Å²) in [5, 5.41) is 3.93. The number of nitrogens with two attached hydrogens (primary N) is 1. The Morgan fingerprint density at radius 1 is 1.56 bits per heavy atom. The fraction of sp³-hybridized carbons (Fsp3) is 0.571. The van der Waals surface area contributed by atoms with E-state index in [1.807, 2.05) is 6.92 Å². The second-order valence-electron chi connectivity index (χ2n) is 5.07. The summed E-state index contributed by atoms with van der Waals surface area (Å²) in [6.45, 7) is 10.3. The van der Waals surface area contributed by atoms with Crippen molar-refractivity contribution in [3.8, 4) is 0 Å². The maximum absolute atomic E-state index is 10.5. The van der Waals surface area contributed by atoms with Crippen LogP contribution in [0.1, 0.15) is 46.5 Å². The minimum Gasteiger partial charge on any atom is -0.350 e. The molecule has 0 heterocycles. The first-order valence-corrected chi connectivity index (χ1v) is 6.34. The fourth-order valence-corrected chi connectivity index (χ4v) is 2.45. The minimum absolute atomic E-state index is 0.530. The highest BCUT2D eigenvalue weighted by molar-refractivity contribution is 5.83. The lowest BCUT2D eigenvalue weighted by Gasteiger charge is -2.15. The van der Waals surface area contributed by atoms with Crippen LogP contribution in [0, 0.1) is 5.92 Å². The summed E-state index contributed by atoms with van der Waals surface area (Å²) >= 11 is 0. The predicted molar refractivity (Wildman–Crippen MR) is 75.3 cm³/mol. The van der Waals surface area contributed by atoms with E-state index < -0.39 is 6.03 Å². The van der Waals surface area contributed by atoms with E-state index >= 15 is 0 Å². The van der Waals surface area contributed by atoms with Crippen molar-refractivity contribution in [2.45, 2.75) is 46.5 Å². The predicted octanol–water partition coefficient (Wildman–Crippen LogP) is 3.11. The van der Waals surface area contributed by atoms with Crippen LogP contribution in [0.15, 0.2) is 28.4 Å². The molecule has 1 aliphatic carbocycles. The van der Waals surface area contributed by atoms with E-state index in [9.17, 15) is 4.79 Å². The maximum Gasteiger partial charge on any atom is 0.332 e. The lowest BCUT2D eigenvalue weighted by atomic mass is 9.90. The van der Waals surface area contributed by atoms with Gasteiger partial charge in [-0.3, -0.25) is 0 Å². The number of rotatable bonds is 5. The summed E-state index contributed by atoms with van der Waals surface area (Å²) in [6.07, 6.45) is 4.19. The summed E-state index contributed by atoms with van der Waals surface area (Å²) in [7, 11) is 0. The number of hydrogen-bond acceptors (Lipinski definition) is 2. The molecule has 0 aromatic rings. The molecule has 0 aliphatic heterocycles. The van der Waals surface area contributed by atoms with Crippen molar-refractivity contribution in [1.29, 1.82) is 0 Å². The number of nitrogens with one attached hydrogen (secondary N) is 1. The van der Waals surface area contributed by atoms with Crippen LogP contribution in [0.2, 0.25) is 0 Å². The molecule has 4 heteroatoms. The van der Waals surface area contributed by atoms with Gasteiger partial charge in [0.05, 0.1) is 0 Å². The van der Waals surface area contributed by atoms with Gasteiger partial charge in [0.1, 0.15) is 0 Å². The topological polar surface area (TPSA) is 67.5 Å². The molecule has 1 rings (SSSR count). The van der Waals surface area contributed by atoms with Crippen molar-refractivity contribution in [1.82, 2.24) is 5.43 Å². The van der Waals surface area contributed by atoms with Gasteiger partial charge in [0.25, 0.3) is 0 Å². The Hall–Kier alpha value is -1.58. The lowest BCUT2D eigenvalue weighted by molar-refractivity contribution is 0.249. The molecule has 3 N–H and O–H groups in total. The van der Waals surface area contributed by atoms with Crippen molar-refractivity contribution >= 4 is 11.7 Å². The zero-order chi connectivity index (χ0) is 13.7. The summed E-state index contributed by atoms with van der Waals surface area (Å²) in [5.41, 5.74) is 12.3. The van der Waals surface area contributed by atoms with E-state index in [-0.39, 0.29) is 0 Å². The van der Waals surface area contributed by atoms with Gasteiger partial charge >= 0.3 is 6.03 Å². The van der Waals surface area contributed by atoms with Crippen LogP contribution in [-0.2, 0) is 0 Å². The molecule has 0 spiro atoms. The highest BCUT2D eigenvalue weighted by Gasteiger charge is 2.23. The van der Waals surface area contributed by atoms with Crippen molar-refractivity contribution in [2.75, 3.05) is 0 Å². The minimum atomic E-state index is -0.620. The van der Waals surface area contributed by atoms with Gasteiger partial charge in [0.2, 0.25) is 0 Å². The first-order chi connectivity index (χ1) is 8.41. The van der Waals surface area contributed by atoms with Gasteiger partial charge in [-0.1, -0.05) is 23.3 Å². The van der Waals surface area contributed by atoms with Crippen LogP contribution in [0.3, 0.4) is 0 Å². The second kappa shape index (κ2) is 6.38. The van der Waals surface area contributed by atoms with E-state index in [4.69, 9.17) is 5.73 Å². The average molecular weight is 249 g/mol. The molecular formula is C14H23N3O. The molecule has 0 radical (unpaired) electrons. The number of hydrazone groups is 1. The Morgan fingerprint density at radius 2 is 2.22 bits per heavy atom. The van der Waals surface area contributed by atoms with Crippen molar-refractivity contribution in [3.63, 3.8) is 0 Å². The highest BCUT2D eigenvalue weighted by Crippen LogP contribution is 2.38. The van der Waals surface area contributed by atoms with Gasteiger partial charge in [0.15, 0.2) is 0 Å². The zero-order valence-electron chi connectivity index (χ0n) is 11.5. The number of hydrogen-bond donors (Lipinski definition) is 2. The Balaban J connectivity index is 2.57. The number of urea groups is 1. The quantitative estimate of drug-likeness (QED) is 0.439. The zero-order valence-corrected chi connectivity index (χ0v) is 11.5. The smallest absolute Gasteiger partial charge is 0.332 e. The van der Waals surface area contributed by atoms with Crippen molar-refractivity contribution in [2.24, 2.45) is 16.8 Å². The molecule has 0 fully saturated rings. The molecule has 0 saturated carbocycles. The standard InChI is InChI=1S/C14H23N3O/c1-9(2)12-7-5-10(3)13(12)8-6-11(4)16-17-14(15)18/h12H,1,5-8H2,2-4H3,(H3,15,17,18). The first-order valence-electron chi connectivity index (χ1n) is 6.34. The number of carbonyl (C=O) groups is 1. The Kier molecular flexibility index (Phi) is 5.13. The normalized spacial score (nSPS) is 20.2. The summed E-state index contributed by atoms with van der Waals surface area (Å²) in [6, 6.07) is -0.620. The maximum atomic E-state index is 10.5. The molecule has 100 valence electrons. The average Bonchev–Trinajstić information content (AvgIpc) is 2.65. The van der Waals surface area contributed by atoms with E-state index in [2.05, 4.69) is 31.0 Å². The SMILES string of the molecule is C=C(C)C1CCC(C)=C1CCC(C)=NNC(N)=O. The molecule has 2 amide bonds. The first kappa shape index (κ1) is 14.5. The fourth-order valence-electron chi connectivity index (χ4n) is 2.45. The van der Waals surface area contributed by atoms with Gasteiger partial charge in [0, 0.05) is 11.6 Å². The summed E-state index contributed by atoms with van der Waals surface area (Å²) < 4.78 is 0. The molecular weight excluding hydrogens is 226 g/mol. The van der Waals surface area contributed by atoms with Crippen LogP contribution in [0.4, 0.5) is 4.79 Å². The number of nitrogens with zero attached hydrogens (tertiary/aromatic N) is 1. The number of allylic oxidation sites excluding steroid dienone is 3. The third-order valence-electron chi connectivity index (χ3n) is 3.48. The third-order valence-corrected chi connectivity index (χ3v) is 3.48. The lowest BCUT2D eigenvalue weighted by Crippen LogP contribution is -2.25. The molecule has 4 nitrogen and oxygen atoms in total. The van der Waals surface area contributed by atoms with Gasteiger partial charge < -0.3 is 5.73 Å². The number of amides is 2. The Morgan fingerprint density at radius 3 is 2.78 bits per heavy atom. The monoisotopic (exact) mass is 249 g/mol. The molecule has 0 saturated heterocycles. The molecule has 1 atom stereocenters. The largest absolute Gasteiger partial charge is 0.350 e. The number of primary amides is 1. The third kappa shape index (κ3) is 4.02. The van der Waals surface area contributed by atoms with Crippen molar-refractivity contribution in [3.05, 3.63) is 23.3 Å². The molecule has 0 aromatic carbocycles. The second-order valence-corrected chi connectivity index (χ2v) is 5.07. The van der Waals surface area contributed by atoms with E-state index in [0.29, 0.717) is 5.92 Å². The summed E-state index contributed by atoms with van der Waals surface area (Å²) in [4.78, 5) is 10.5. The van der Waals surface area contributed by atoms with E-state index in [0.717, 1.165) is 18.6 Å². The molecule has 18 heavy (non-hydrogen) atoms. The molecule has 0 aromatic heterocycles.